The Morgan fingerprint density at radius 3 is 2.74 bits per heavy atom. The number of anilines is 1. The van der Waals surface area contributed by atoms with Gasteiger partial charge in [0.1, 0.15) is 5.82 Å². The number of hydrogen-bond acceptors (Lipinski definition) is 3. The maximum atomic E-state index is 4.74. The highest BCUT2D eigenvalue weighted by atomic mass is 15.0. The first-order chi connectivity index (χ1) is 9.38. The molecule has 3 rings (SSSR count). The molecule has 1 aromatic heterocycles. The van der Waals surface area contributed by atoms with Crippen molar-refractivity contribution in [2.24, 2.45) is 0 Å². The summed E-state index contributed by atoms with van der Waals surface area (Å²) in [6.07, 6.45) is 4.50. The molecule has 1 aromatic carbocycles. The molecule has 19 heavy (non-hydrogen) atoms. The van der Waals surface area contributed by atoms with E-state index in [-0.39, 0.29) is 0 Å². The Balaban J connectivity index is 2.02. The van der Waals surface area contributed by atoms with Gasteiger partial charge in [0, 0.05) is 23.4 Å². The molecule has 3 heteroatoms. The van der Waals surface area contributed by atoms with Gasteiger partial charge in [0.25, 0.3) is 0 Å². The van der Waals surface area contributed by atoms with Gasteiger partial charge in [0.15, 0.2) is 5.82 Å². The van der Waals surface area contributed by atoms with Crippen molar-refractivity contribution in [2.75, 3.05) is 11.9 Å². The maximum Gasteiger partial charge on any atom is 0.161 e. The summed E-state index contributed by atoms with van der Waals surface area (Å²) < 4.78 is 0. The molecule has 0 atom stereocenters. The van der Waals surface area contributed by atoms with E-state index in [9.17, 15) is 0 Å². The predicted octanol–water partition coefficient (Wildman–Crippen LogP) is 3.45. The van der Waals surface area contributed by atoms with E-state index in [1.807, 2.05) is 18.2 Å². The van der Waals surface area contributed by atoms with E-state index in [0.29, 0.717) is 0 Å². The lowest BCUT2D eigenvalue weighted by molar-refractivity contribution is 0.899. The van der Waals surface area contributed by atoms with Gasteiger partial charge in [-0.3, -0.25) is 0 Å². The maximum absolute atomic E-state index is 4.74. The van der Waals surface area contributed by atoms with Crippen LogP contribution in [-0.2, 0) is 12.8 Å². The lowest BCUT2D eigenvalue weighted by atomic mass is 10.2. The van der Waals surface area contributed by atoms with Crippen LogP contribution in [0.1, 0.15) is 31.0 Å². The molecule has 1 aliphatic rings. The molecule has 0 spiro atoms. The van der Waals surface area contributed by atoms with E-state index in [4.69, 9.17) is 9.97 Å². The van der Waals surface area contributed by atoms with Crippen LogP contribution in [0.3, 0.4) is 0 Å². The molecule has 3 nitrogen and oxygen atoms in total. The zero-order valence-corrected chi connectivity index (χ0v) is 11.3. The summed E-state index contributed by atoms with van der Waals surface area (Å²) in [6, 6.07) is 10.2. The Morgan fingerprint density at radius 2 is 1.95 bits per heavy atom. The number of nitrogens with zero attached hydrogens (tertiary/aromatic N) is 2. The van der Waals surface area contributed by atoms with Crippen molar-refractivity contribution in [2.45, 2.75) is 32.6 Å². The number of nitrogens with one attached hydrogen (secondary N) is 1. The number of hydrogen-bond donors (Lipinski definition) is 1. The predicted molar refractivity (Wildman–Crippen MR) is 78.3 cm³/mol. The number of rotatable bonds is 4. The van der Waals surface area contributed by atoms with Gasteiger partial charge in [-0.1, -0.05) is 37.3 Å². The minimum absolute atomic E-state index is 0.847. The second-order valence-corrected chi connectivity index (χ2v) is 4.97. The van der Waals surface area contributed by atoms with Crippen LogP contribution in [0.25, 0.3) is 11.4 Å². The standard InChI is InChI=1S/C16H19N3/c1-2-11-17-16-13-9-6-10-14(13)18-15(19-16)12-7-4-3-5-8-12/h3-5,7-8H,2,6,9-11H2,1H3,(H,17,18,19). The molecule has 0 fully saturated rings. The van der Waals surface area contributed by atoms with Gasteiger partial charge in [-0.2, -0.15) is 0 Å². The van der Waals surface area contributed by atoms with Crippen molar-refractivity contribution in [1.82, 2.24) is 9.97 Å². The van der Waals surface area contributed by atoms with Crippen LogP contribution >= 0.6 is 0 Å². The van der Waals surface area contributed by atoms with Gasteiger partial charge in [-0.05, 0) is 25.7 Å². The highest BCUT2D eigenvalue weighted by Gasteiger charge is 2.19. The topological polar surface area (TPSA) is 37.8 Å². The lowest BCUT2D eigenvalue weighted by Crippen LogP contribution is -2.08. The summed E-state index contributed by atoms with van der Waals surface area (Å²) in [5.41, 5.74) is 3.65. The summed E-state index contributed by atoms with van der Waals surface area (Å²) in [4.78, 5) is 9.47. The minimum Gasteiger partial charge on any atom is -0.370 e. The molecule has 0 aliphatic heterocycles. The van der Waals surface area contributed by atoms with Crippen LogP contribution in [0.5, 0.6) is 0 Å². The molecule has 0 bridgehead atoms. The molecule has 98 valence electrons. The van der Waals surface area contributed by atoms with Gasteiger partial charge >= 0.3 is 0 Å². The van der Waals surface area contributed by atoms with E-state index in [1.165, 1.54) is 17.7 Å². The fraction of sp³-hybridized carbons (Fsp3) is 0.375. The smallest absolute Gasteiger partial charge is 0.161 e. The quantitative estimate of drug-likeness (QED) is 0.906. The Labute approximate surface area is 114 Å². The fourth-order valence-corrected chi connectivity index (χ4v) is 2.54. The van der Waals surface area contributed by atoms with Crippen molar-refractivity contribution >= 4 is 5.82 Å². The molecule has 1 N–H and O–H groups in total. The van der Waals surface area contributed by atoms with E-state index in [2.05, 4.69) is 24.4 Å². The Morgan fingerprint density at radius 1 is 1.11 bits per heavy atom. The molecular formula is C16H19N3. The van der Waals surface area contributed by atoms with E-state index < -0.39 is 0 Å². The molecule has 1 aliphatic carbocycles. The first-order valence-corrected chi connectivity index (χ1v) is 7.07. The third-order valence-electron chi connectivity index (χ3n) is 3.51. The van der Waals surface area contributed by atoms with Crippen molar-refractivity contribution in [3.63, 3.8) is 0 Å². The second kappa shape index (κ2) is 5.39. The average molecular weight is 253 g/mol. The lowest BCUT2D eigenvalue weighted by Gasteiger charge is -2.11. The molecule has 0 amide bonds. The summed E-state index contributed by atoms with van der Waals surface area (Å²) in [5, 5.41) is 3.45. The van der Waals surface area contributed by atoms with Gasteiger partial charge in [0.05, 0.1) is 0 Å². The largest absolute Gasteiger partial charge is 0.370 e. The molecule has 0 radical (unpaired) electrons. The van der Waals surface area contributed by atoms with Crippen LogP contribution in [0.15, 0.2) is 30.3 Å². The van der Waals surface area contributed by atoms with Gasteiger partial charge in [0.2, 0.25) is 0 Å². The highest BCUT2D eigenvalue weighted by molar-refractivity contribution is 5.60. The monoisotopic (exact) mass is 253 g/mol. The van der Waals surface area contributed by atoms with Crippen molar-refractivity contribution in [3.8, 4) is 11.4 Å². The Hall–Kier alpha value is -1.90. The number of aromatic nitrogens is 2. The van der Waals surface area contributed by atoms with Crippen LogP contribution < -0.4 is 5.32 Å². The SMILES string of the molecule is CCCNc1nc(-c2ccccc2)nc2c1CCC2. The van der Waals surface area contributed by atoms with Crippen molar-refractivity contribution in [3.05, 3.63) is 41.6 Å². The first-order valence-electron chi connectivity index (χ1n) is 7.07. The van der Waals surface area contributed by atoms with E-state index >= 15 is 0 Å². The van der Waals surface area contributed by atoms with Crippen LogP contribution in [0.4, 0.5) is 5.82 Å². The van der Waals surface area contributed by atoms with Gasteiger partial charge in [-0.25, -0.2) is 9.97 Å². The zero-order valence-electron chi connectivity index (χ0n) is 11.3. The van der Waals surface area contributed by atoms with Crippen molar-refractivity contribution in [1.29, 1.82) is 0 Å². The molecule has 0 saturated heterocycles. The molecule has 0 saturated carbocycles. The number of benzene rings is 1. The summed E-state index contributed by atoms with van der Waals surface area (Å²) in [7, 11) is 0. The third-order valence-corrected chi connectivity index (χ3v) is 3.51. The molecular weight excluding hydrogens is 234 g/mol. The van der Waals surface area contributed by atoms with Crippen LogP contribution in [0, 0.1) is 0 Å². The first kappa shape index (κ1) is 12.2. The Bertz CT molecular complexity index is 564. The third kappa shape index (κ3) is 2.46. The highest BCUT2D eigenvalue weighted by Crippen LogP contribution is 2.29. The average Bonchev–Trinajstić information content (AvgIpc) is 2.94. The van der Waals surface area contributed by atoms with E-state index in [1.54, 1.807) is 0 Å². The summed E-state index contributed by atoms with van der Waals surface area (Å²) in [5.74, 6) is 1.89. The minimum atomic E-state index is 0.847. The summed E-state index contributed by atoms with van der Waals surface area (Å²) in [6.45, 7) is 3.14. The summed E-state index contributed by atoms with van der Waals surface area (Å²) >= 11 is 0. The number of fused-ring (bicyclic) bond motifs is 1. The van der Waals surface area contributed by atoms with Gasteiger partial charge < -0.3 is 5.32 Å². The Kier molecular flexibility index (Phi) is 3.45. The number of aryl methyl sites for hydroxylation is 1. The van der Waals surface area contributed by atoms with Crippen molar-refractivity contribution < 1.29 is 0 Å². The second-order valence-electron chi connectivity index (χ2n) is 4.97. The van der Waals surface area contributed by atoms with Gasteiger partial charge in [-0.15, -0.1) is 0 Å². The molecule has 1 heterocycles. The normalized spacial score (nSPS) is 13.3. The fourth-order valence-electron chi connectivity index (χ4n) is 2.54. The zero-order chi connectivity index (χ0) is 13.1. The van der Waals surface area contributed by atoms with E-state index in [0.717, 1.165) is 43.0 Å². The van der Waals surface area contributed by atoms with Crippen LogP contribution in [-0.4, -0.2) is 16.5 Å². The molecule has 2 aromatic rings. The molecule has 0 unspecified atom stereocenters. The van der Waals surface area contributed by atoms with Crippen LogP contribution in [0.2, 0.25) is 0 Å².